The number of hydrogen-bond donors (Lipinski definition) is 2. The average molecular weight is 463 g/mol. The first kappa shape index (κ1) is 22.4. The Morgan fingerprint density at radius 2 is 1.62 bits per heavy atom. The molecule has 1 saturated heterocycles. The molecular weight excluding hydrogens is 432 g/mol. The topological polar surface area (TPSA) is 95.9 Å². The highest BCUT2D eigenvalue weighted by molar-refractivity contribution is 5.82. The molecule has 2 aromatic carbocycles. The Bertz CT molecular complexity index is 1050. The van der Waals surface area contributed by atoms with Gasteiger partial charge >= 0.3 is 12.1 Å². The average Bonchev–Trinajstić information content (AvgIpc) is 3.55. The molecule has 1 unspecified atom stereocenters. The lowest BCUT2D eigenvalue weighted by Crippen LogP contribution is -2.47. The van der Waals surface area contributed by atoms with E-state index in [2.05, 4.69) is 29.6 Å². The smallest absolute Gasteiger partial charge is 0.407 e. The van der Waals surface area contributed by atoms with Gasteiger partial charge in [-0.2, -0.15) is 0 Å². The Kier molecular flexibility index (Phi) is 6.26. The minimum atomic E-state index is -0.885. The van der Waals surface area contributed by atoms with E-state index in [1.54, 1.807) is 4.90 Å². The van der Waals surface area contributed by atoms with Gasteiger partial charge < -0.3 is 20.1 Å². The molecule has 1 heterocycles. The molecule has 7 heteroatoms. The van der Waals surface area contributed by atoms with Crippen molar-refractivity contribution >= 4 is 18.0 Å². The lowest BCUT2D eigenvalue weighted by Gasteiger charge is -2.29. The number of nitrogens with one attached hydrogen (secondary N) is 1. The predicted molar refractivity (Wildman–Crippen MR) is 126 cm³/mol. The number of amides is 2. The van der Waals surface area contributed by atoms with E-state index >= 15 is 0 Å². The highest BCUT2D eigenvalue weighted by atomic mass is 16.5. The van der Waals surface area contributed by atoms with Crippen LogP contribution in [-0.4, -0.2) is 53.2 Å². The molecule has 0 spiro atoms. The summed E-state index contributed by atoms with van der Waals surface area (Å²) < 4.78 is 5.68. The van der Waals surface area contributed by atoms with E-state index in [4.69, 9.17) is 9.84 Å². The second-order valence-corrected chi connectivity index (χ2v) is 9.54. The molecule has 0 aromatic heterocycles. The van der Waals surface area contributed by atoms with Crippen molar-refractivity contribution in [2.75, 3.05) is 13.2 Å². The van der Waals surface area contributed by atoms with Gasteiger partial charge in [0.25, 0.3) is 0 Å². The third-order valence-corrected chi connectivity index (χ3v) is 7.55. The third kappa shape index (κ3) is 4.27. The lowest BCUT2D eigenvalue weighted by atomic mass is 9.98. The second-order valence-electron chi connectivity index (χ2n) is 9.54. The highest BCUT2D eigenvalue weighted by Gasteiger charge is 2.40. The van der Waals surface area contributed by atoms with Crippen LogP contribution in [0.4, 0.5) is 4.79 Å². The number of aliphatic carboxylic acids is 1. The Hall–Kier alpha value is -3.35. The molecule has 2 aliphatic carbocycles. The summed E-state index contributed by atoms with van der Waals surface area (Å²) in [6.45, 7) is 0.822. The maximum Gasteiger partial charge on any atom is 0.407 e. The fraction of sp³-hybridized carbons (Fsp3) is 0.444. The fourth-order valence-corrected chi connectivity index (χ4v) is 5.97. The van der Waals surface area contributed by atoms with Gasteiger partial charge in [-0.3, -0.25) is 9.59 Å². The first-order chi connectivity index (χ1) is 16.5. The fourth-order valence-electron chi connectivity index (χ4n) is 5.97. The molecule has 0 bridgehead atoms. The van der Waals surface area contributed by atoms with Gasteiger partial charge in [0, 0.05) is 24.5 Å². The number of likely N-dealkylation sites (tertiary alicyclic amines) is 1. The molecule has 5 rings (SSSR count). The second kappa shape index (κ2) is 9.49. The van der Waals surface area contributed by atoms with Gasteiger partial charge in [-0.25, -0.2) is 4.79 Å². The van der Waals surface area contributed by atoms with Crippen molar-refractivity contribution in [2.24, 2.45) is 5.92 Å². The number of fused-ring (bicyclic) bond motifs is 3. The summed E-state index contributed by atoms with van der Waals surface area (Å²) in [6, 6.07) is 15.9. The van der Waals surface area contributed by atoms with E-state index in [9.17, 15) is 14.4 Å². The van der Waals surface area contributed by atoms with Crippen molar-refractivity contribution in [1.82, 2.24) is 10.2 Å². The van der Waals surface area contributed by atoms with E-state index in [1.165, 1.54) is 11.1 Å². The van der Waals surface area contributed by atoms with E-state index in [0.717, 1.165) is 36.8 Å². The lowest BCUT2D eigenvalue weighted by molar-refractivity contribution is -0.141. The van der Waals surface area contributed by atoms with Gasteiger partial charge in [0.15, 0.2) is 0 Å². The number of carbonyl (C=O) groups excluding carboxylic acids is 2. The van der Waals surface area contributed by atoms with Gasteiger partial charge in [0.2, 0.25) is 5.91 Å². The molecule has 1 aliphatic heterocycles. The van der Waals surface area contributed by atoms with Crippen molar-refractivity contribution in [3.05, 3.63) is 59.7 Å². The molecule has 2 fully saturated rings. The maximum absolute atomic E-state index is 13.2. The highest BCUT2D eigenvalue weighted by Crippen LogP contribution is 2.44. The van der Waals surface area contributed by atoms with Crippen LogP contribution >= 0.6 is 0 Å². The SMILES string of the molecule is O=C(O)CC1CCCN1C(=O)[C@H]1CCC[C@H]1NC(=O)OCC1c2ccccc2-c2ccccc21. The van der Waals surface area contributed by atoms with Crippen LogP contribution in [0.3, 0.4) is 0 Å². The van der Waals surface area contributed by atoms with Crippen molar-refractivity contribution in [3.63, 3.8) is 0 Å². The van der Waals surface area contributed by atoms with Crippen LogP contribution in [0.1, 0.15) is 55.6 Å². The van der Waals surface area contributed by atoms with Crippen molar-refractivity contribution in [1.29, 1.82) is 0 Å². The van der Waals surface area contributed by atoms with E-state index in [1.807, 2.05) is 24.3 Å². The summed E-state index contributed by atoms with van der Waals surface area (Å²) in [4.78, 5) is 38.9. The van der Waals surface area contributed by atoms with Crippen LogP contribution < -0.4 is 5.32 Å². The Morgan fingerprint density at radius 1 is 0.941 bits per heavy atom. The molecule has 2 amide bonds. The molecule has 178 valence electrons. The Balaban J connectivity index is 1.21. The normalized spacial score (nSPS) is 23.4. The van der Waals surface area contributed by atoms with Crippen LogP contribution in [0.15, 0.2) is 48.5 Å². The number of ether oxygens (including phenoxy) is 1. The Morgan fingerprint density at radius 3 is 2.29 bits per heavy atom. The first-order valence-electron chi connectivity index (χ1n) is 12.2. The molecule has 2 aromatic rings. The summed E-state index contributed by atoms with van der Waals surface area (Å²) in [5, 5.41) is 12.1. The third-order valence-electron chi connectivity index (χ3n) is 7.55. The van der Waals surface area contributed by atoms with Gasteiger partial charge in [-0.1, -0.05) is 55.0 Å². The van der Waals surface area contributed by atoms with E-state index < -0.39 is 12.1 Å². The van der Waals surface area contributed by atoms with Gasteiger partial charge in [0.1, 0.15) is 6.61 Å². The number of carboxylic acid groups (broad SMARTS) is 1. The van der Waals surface area contributed by atoms with Crippen LogP contribution in [0.2, 0.25) is 0 Å². The van der Waals surface area contributed by atoms with E-state index in [0.29, 0.717) is 13.0 Å². The van der Waals surface area contributed by atoms with Crippen LogP contribution in [0.25, 0.3) is 11.1 Å². The van der Waals surface area contributed by atoms with Crippen LogP contribution in [0, 0.1) is 5.92 Å². The van der Waals surface area contributed by atoms with Crippen molar-refractivity contribution < 1.29 is 24.2 Å². The predicted octanol–water partition coefficient (Wildman–Crippen LogP) is 4.16. The first-order valence-corrected chi connectivity index (χ1v) is 12.2. The molecule has 3 aliphatic rings. The number of benzene rings is 2. The number of carboxylic acids is 1. The molecule has 3 atom stereocenters. The minimum Gasteiger partial charge on any atom is -0.481 e. The standard InChI is InChI=1S/C27H30N2O5/c30-25(31)15-17-7-6-14-29(17)26(32)22-12-5-13-24(22)28-27(33)34-16-23-20-10-3-1-8-18(20)19-9-2-4-11-21(19)23/h1-4,8-11,17,22-24H,5-7,12-16H2,(H,28,33)(H,30,31)/t17?,22-,24+/m0/s1. The summed E-state index contributed by atoms with van der Waals surface area (Å²) in [6.07, 6.45) is 3.28. The zero-order valence-electron chi connectivity index (χ0n) is 19.1. The molecule has 0 radical (unpaired) electrons. The minimum absolute atomic E-state index is 0.0134. The molecule has 2 N–H and O–H groups in total. The van der Waals surface area contributed by atoms with Crippen LogP contribution in [0.5, 0.6) is 0 Å². The van der Waals surface area contributed by atoms with Crippen LogP contribution in [-0.2, 0) is 14.3 Å². The van der Waals surface area contributed by atoms with Crippen molar-refractivity contribution in [3.8, 4) is 11.1 Å². The van der Waals surface area contributed by atoms with Crippen molar-refractivity contribution in [2.45, 2.75) is 56.5 Å². The molecule has 1 saturated carbocycles. The molecule has 7 nitrogen and oxygen atoms in total. The Labute approximate surface area is 199 Å². The number of hydrogen-bond acceptors (Lipinski definition) is 4. The van der Waals surface area contributed by atoms with Gasteiger partial charge in [-0.15, -0.1) is 0 Å². The zero-order valence-corrected chi connectivity index (χ0v) is 19.1. The summed E-state index contributed by atoms with van der Waals surface area (Å²) in [7, 11) is 0. The van der Waals surface area contributed by atoms with Gasteiger partial charge in [0.05, 0.1) is 12.3 Å². The monoisotopic (exact) mass is 462 g/mol. The zero-order chi connectivity index (χ0) is 23.7. The van der Waals surface area contributed by atoms with Gasteiger partial charge in [-0.05, 0) is 47.9 Å². The quantitative estimate of drug-likeness (QED) is 0.672. The molecular formula is C27H30N2O5. The number of carbonyl (C=O) groups is 3. The largest absolute Gasteiger partial charge is 0.481 e. The number of alkyl carbamates (subject to hydrolysis) is 1. The maximum atomic E-state index is 13.2. The number of nitrogens with zero attached hydrogens (tertiary/aromatic N) is 1. The molecule has 34 heavy (non-hydrogen) atoms. The summed E-state index contributed by atoms with van der Waals surface area (Å²) in [5.41, 5.74) is 4.66. The summed E-state index contributed by atoms with van der Waals surface area (Å²) >= 11 is 0. The number of rotatable bonds is 6. The summed E-state index contributed by atoms with van der Waals surface area (Å²) in [5.74, 6) is -1.26. The van der Waals surface area contributed by atoms with E-state index in [-0.39, 0.29) is 42.9 Å².